The Morgan fingerprint density at radius 3 is 2.65 bits per heavy atom. The number of halogens is 1. The van der Waals surface area contributed by atoms with Crippen LogP contribution >= 0.6 is 35.3 Å². The van der Waals surface area contributed by atoms with Gasteiger partial charge in [-0.05, 0) is 24.3 Å². The van der Waals surface area contributed by atoms with E-state index in [1.165, 1.54) is 12.8 Å². The summed E-state index contributed by atoms with van der Waals surface area (Å²) < 4.78 is 5.24. The average Bonchev–Trinajstić information content (AvgIpc) is 3.04. The maximum atomic E-state index is 6.22. The Hall–Kier alpha value is -1.19. The Morgan fingerprint density at radius 1 is 1.31 bits per heavy atom. The zero-order valence-corrected chi connectivity index (χ0v) is 18.5. The zero-order chi connectivity index (χ0) is 17.6. The van der Waals surface area contributed by atoms with Gasteiger partial charge in [-0.25, -0.2) is 9.98 Å². The predicted octanol–water partition coefficient (Wildman–Crippen LogP) is 4.12. The van der Waals surface area contributed by atoms with Crippen molar-refractivity contribution in [3.8, 4) is 10.4 Å². The summed E-state index contributed by atoms with van der Waals surface area (Å²) in [5.41, 5.74) is 8.36. The van der Waals surface area contributed by atoms with E-state index in [2.05, 4.69) is 28.9 Å². The summed E-state index contributed by atoms with van der Waals surface area (Å²) in [6.45, 7) is 5.31. The predicted molar refractivity (Wildman–Crippen MR) is 119 cm³/mol. The molecule has 0 amide bonds. The molecule has 0 radical (unpaired) electrons. The van der Waals surface area contributed by atoms with E-state index in [1.807, 2.05) is 18.2 Å². The summed E-state index contributed by atoms with van der Waals surface area (Å²) in [4.78, 5) is 12.7. The first-order valence-electron chi connectivity index (χ1n) is 8.75. The number of likely N-dealkylation sites (tertiary alicyclic amines) is 1. The lowest BCUT2D eigenvalue weighted by Crippen LogP contribution is -2.42. The molecular formula is C19H27IN4OS. The molecule has 2 heterocycles. The fourth-order valence-electron chi connectivity index (χ4n) is 3.00. The molecule has 1 aromatic carbocycles. The van der Waals surface area contributed by atoms with Crippen LogP contribution in [0.2, 0.25) is 0 Å². The van der Waals surface area contributed by atoms with Crippen LogP contribution in [0.5, 0.6) is 0 Å². The second-order valence-corrected chi connectivity index (χ2v) is 7.61. The molecule has 0 aliphatic carbocycles. The number of hydrogen-bond acceptors (Lipinski definition) is 4. The van der Waals surface area contributed by atoms with Crippen molar-refractivity contribution in [3.05, 3.63) is 41.0 Å². The SMILES string of the molecule is COCc1nc(CN=C(N)N2CCC(C)CC2)c(-c2ccccc2)s1.I. The van der Waals surface area contributed by atoms with Crippen LogP contribution in [0.3, 0.4) is 0 Å². The third-order valence-electron chi connectivity index (χ3n) is 4.54. The maximum absolute atomic E-state index is 6.22. The lowest BCUT2D eigenvalue weighted by molar-refractivity contribution is 0.184. The van der Waals surface area contributed by atoms with Gasteiger partial charge in [0, 0.05) is 20.2 Å². The van der Waals surface area contributed by atoms with E-state index in [9.17, 15) is 0 Å². The number of thiazole rings is 1. The molecule has 0 unspecified atom stereocenters. The summed E-state index contributed by atoms with van der Waals surface area (Å²) in [6, 6.07) is 10.3. The number of aromatic nitrogens is 1. The molecule has 0 bridgehead atoms. The van der Waals surface area contributed by atoms with Gasteiger partial charge in [0.25, 0.3) is 0 Å². The topological polar surface area (TPSA) is 63.7 Å². The number of aliphatic imine (C=N–C) groups is 1. The number of hydrogen-bond donors (Lipinski definition) is 1. The molecule has 26 heavy (non-hydrogen) atoms. The number of methoxy groups -OCH3 is 1. The van der Waals surface area contributed by atoms with Crippen LogP contribution in [0.4, 0.5) is 0 Å². The Labute approximate surface area is 176 Å². The highest BCUT2D eigenvalue weighted by Crippen LogP contribution is 2.31. The summed E-state index contributed by atoms with van der Waals surface area (Å²) in [5, 5.41) is 0.969. The van der Waals surface area contributed by atoms with Crippen LogP contribution < -0.4 is 5.73 Å². The normalized spacial score (nSPS) is 15.8. The fraction of sp³-hybridized carbons (Fsp3) is 0.474. The number of ether oxygens (including phenoxy) is 1. The molecule has 142 valence electrons. The number of guanidine groups is 1. The van der Waals surface area contributed by atoms with E-state index in [0.29, 0.717) is 19.1 Å². The van der Waals surface area contributed by atoms with Crippen molar-refractivity contribution in [1.29, 1.82) is 0 Å². The smallest absolute Gasteiger partial charge is 0.191 e. The van der Waals surface area contributed by atoms with Crippen molar-refractivity contribution in [2.45, 2.75) is 32.9 Å². The van der Waals surface area contributed by atoms with Crippen molar-refractivity contribution in [3.63, 3.8) is 0 Å². The Kier molecular flexibility index (Phi) is 8.30. The van der Waals surface area contributed by atoms with Gasteiger partial charge in [-0.1, -0.05) is 37.3 Å². The molecule has 0 spiro atoms. The summed E-state index contributed by atoms with van der Waals surface area (Å²) >= 11 is 1.66. The van der Waals surface area contributed by atoms with Gasteiger partial charge in [0.05, 0.1) is 23.7 Å². The minimum atomic E-state index is 0. The molecule has 2 aromatic rings. The minimum absolute atomic E-state index is 0. The van der Waals surface area contributed by atoms with Crippen molar-refractivity contribution < 1.29 is 4.74 Å². The molecule has 1 aliphatic heterocycles. The maximum Gasteiger partial charge on any atom is 0.191 e. The van der Waals surface area contributed by atoms with E-state index >= 15 is 0 Å². The van der Waals surface area contributed by atoms with E-state index in [1.54, 1.807) is 18.4 Å². The monoisotopic (exact) mass is 486 g/mol. The fourth-order valence-corrected chi connectivity index (χ4v) is 4.05. The third kappa shape index (κ3) is 5.40. The van der Waals surface area contributed by atoms with Gasteiger partial charge in [0.2, 0.25) is 0 Å². The molecule has 0 atom stereocenters. The molecular weight excluding hydrogens is 459 g/mol. The standard InChI is InChI=1S/C19H26N4OS.HI/c1-14-8-10-23(11-9-14)19(20)21-12-16-18(15-6-4-3-5-7-15)25-17(22-16)13-24-2;/h3-7,14H,8-13H2,1-2H3,(H2,20,21);1H. The minimum Gasteiger partial charge on any atom is -0.378 e. The van der Waals surface area contributed by atoms with Crippen LogP contribution in [-0.2, 0) is 17.9 Å². The first-order valence-corrected chi connectivity index (χ1v) is 9.57. The lowest BCUT2D eigenvalue weighted by atomic mass is 10.00. The van der Waals surface area contributed by atoms with E-state index < -0.39 is 0 Å². The van der Waals surface area contributed by atoms with Crippen LogP contribution in [0.15, 0.2) is 35.3 Å². The highest BCUT2D eigenvalue weighted by atomic mass is 127. The van der Waals surface area contributed by atoms with Gasteiger partial charge in [-0.15, -0.1) is 35.3 Å². The van der Waals surface area contributed by atoms with E-state index in [0.717, 1.165) is 40.1 Å². The van der Waals surface area contributed by atoms with Gasteiger partial charge in [-0.2, -0.15) is 0 Å². The van der Waals surface area contributed by atoms with Gasteiger partial charge in [-0.3, -0.25) is 0 Å². The molecule has 2 N–H and O–H groups in total. The van der Waals surface area contributed by atoms with Crippen LogP contribution in [0, 0.1) is 5.92 Å². The number of nitrogens with two attached hydrogens (primary N) is 1. The number of nitrogens with zero attached hydrogens (tertiary/aromatic N) is 3. The molecule has 3 rings (SSSR count). The van der Waals surface area contributed by atoms with Crippen molar-refractivity contribution >= 4 is 41.3 Å². The molecule has 1 fully saturated rings. The second-order valence-electron chi connectivity index (χ2n) is 6.53. The zero-order valence-electron chi connectivity index (χ0n) is 15.4. The molecule has 0 saturated carbocycles. The second kappa shape index (κ2) is 10.2. The lowest BCUT2D eigenvalue weighted by Gasteiger charge is -2.30. The number of piperidine rings is 1. The molecule has 1 saturated heterocycles. The molecule has 1 aliphatic rings. The first-order chi connectivity index (χ1) is 12.2. The van der Waals surface area contributed by atoms with Gasteiger partial charge >= 0.3 is 0 Å². The van der Waals surface area contributed by atoms with Crippen molar-refractivity contribution in [1.82, 2.24) is 9.88 Å². The largest absolute Gasteiger partial charge is 0.378 e. The number of benzene rings is 1. The van der Waals surface area contributed by atoms with Crippen LogP contribution in [0.25, 0.3) is 10.4 Å². The van der Waals surface area contributed by atoms with Gasteiger partial charge in [0.1, 0.15) is 5.01 Å². The summed E-state index contributed by atoms with van der Waals surface area (Å²) in [7, 11) is 1.69. The average molecular weight is 486 g/mol. The van der Waals surface area contributed by atoms with E-state index in [4.69, 9.17) is 15.5 Å². The van der Waals surface area contributed by atoms with Crippen molar-refractivity contribution in [2.75, 3.05) is 20.2 Å². The Bertz CT molecular complexity index is 712. The first kappa shape index (κ1) is 21.1. The van der Waals surface area contributed by atoms with E-state index in [-0.39, 0.29) is 24.0 Å². The molecule has 7 heteroatoms. The quantitative estimate of drug-likeness (QED) is 0.393. The molecule has 1 aromatic heterocycles. The Balaban J connectivity index is 0.00000243. The van der Waals surface area contributed by atoms with Crippen molar-refractivity contribution in [2.24, 2.45) is 16.6 Å². The summed E-state index contributed by atoms with van der Waals surface area (Å²) in [6.07, 6.45) is 2.36. The third-order valence-corrected chi connectivity index (χ3v) is 5.66. The Morgan fingerprint density at radius 2 is 2.00 bits per heavy atom. The highest BCUT2D eigenvalue weighted by molar-refractivity contribution is 14.0. The van der Waals surface area contributed by atoms with Gasteiger partial charge in [0.15, 0.2) is 5.96 Å². The van der Waals surface area contributed by atoms with Gasteiger partial charge < -0.3 is 15.4 Å². The van der Waals surface area contributed by atoms with Crippen LogP contribution in [-0.4, -0.2) is 36.0 Å². The van der Waals surface area contributed by atoms with Crippen LogP contribution in [0.1, 0.15) is 30.5 Å². The molecule has 5 nitrogen and oxygen atoms in total. The number of rotatable bonds is 5. The highest BCUT2D eigenvalue weighted by Gasteiger charge is 2.18. The summed E-state index contributed by atoms with van der Waals surface area (Å²) in [5.74, 6) is 1.41.